The normalized spacial score (nSPS) is 18.0. The van der Waals surface area contributed by atoms with Gasteiger partial charge in [-0.25, -0.2) is 0 Å². The summed E-state index contributed by atoms with van der Waals surface area (Å²) in [5, 5.41) is 0. The summed E-state index contributed by atoms with van der Waals surface area (Å²) < 4.78 is 41.1. The first-order valence-electron chi connectivity index (χ1n) is 18.1. The van der Waals surface area contributed by atoms with Crippen molar-refractivity contribution in [3.8, 4) is 11.1 Å². The average Bonchev–Trinajstić information content (AvgIpc) is 3.77. The van der Waals surface area contributed by atoms with Crippen LogP contribution in [0.5, 0.6) is 0 Å². The van der Waals surface area contributed by atoms with Crippen LogP contribution in [0.1, 0.15) is 102 Å². The molecule has 270 valence electrons. The van der Waals surface area contributed by atoms with Gasteiger partial charge in [-0.1, -0.05) is 0 Å². The van der Waals surface area contributed by atoms with Crippen LogP contribution in [0.25, 0.3) is 22.3 Å². The number of hydrogen-bond acceptors (Lipinski definition) is 0. The summed E-state index contributed by atoms with van der Waals surface area (Å²) >= 11 is -5.39. The van der Waals surface area contributed by atoms with Gasteiger partial charge in [0.2, 0.25) is 0 Å². The van der Waals surface area contributed by atoms with Crippen molar-refractivity contribution in [1.29, 1.82) is 0 Å². The minimum absolute atomic E-state index is 0. The van der Waals surface area contributed by atoms with E-state index in [9.17, 15) is 0 Å². The molecule has 0 unspecified atom stereocenters. The van der Waals surface area contributed by atoms with E-state index in [0.717, 1.165) is 19.4 Å². The average molecular weight is 815 g/mol. The molecule has 0 fully saturated rings. The third-order valence-electron chi connectivity index (χ3n) is 12.9. The minimum atomic E-state index is -5.39. The topological polar surface area (TPSA) is 0 Å². The zero-order chi connectivity index (χ0) is 35.8. The molecule has 0 saturated heterocycles. The van der Waals surface area contributed by atoms with E-state index in [1.54, 1.807) is 12.1 Å². The zero-order valence-corrected chi connectivity index (χ0v) is 35.9. The van der Waals surface area contributed by atoms with Gasteiger partial charge in [-0.15, -0.1) is 24.8 Å². The van der Waals surface area contributed by atoms with Gasteiger partial charge in [0, 0.05) is 0 Å². The molecule has 0 atom stereocenters. The van der Waals surface area contributed by atoms with Gasteiger partial charge in [0.25, 0.3) is 0 Å². The second-order valence-electron chi connectivity index (χ2n) is 17.7. The van der Waals surface area contributed by atoms with Gasteiger partial charge in [0.1, 0.15) is 0 Å². The molecule has 0 aromatic heterocycles. The Labute approximate surface area is 322 Å². The molecule has 4 aromatic carbocycles. The molecule has 0 radical (unpaired) electrons. The first kappa shape index (κ1) is 38.7. The van der Waals surface area contributed by atoms with Crippen LogP contribution in [-0.2, 0) is 35.5 Å². The molecule has 0 nitrogen and oxygen atoms in total. The molecule has 4 aliphatic rings. The van der Waals surface area contributed by atoms with Gasteiger partial charge in [-0.3, -0.25) is 0 Å². The van der Waals surface area contributed by atoms with E-state index in [1.165, 1.54) is 79.9 Å². The van der Waals surface area contributed by atoms with E-state index in [1.807, 2.05) is 12.1 Å². The maximum absolute atomic E-state index is 15.6. The van der Waals surface area contributed by atoms with Crippen LogP contribution in [0, 0.1) is 17.0 Å². The van der Waals surface area contributed by atoms with E-state index < -0.39 is 23.7 Å². The molecule has 0 bridgehead atoms. The van der Waals surface area contributed by atoms with Crippen LogP contribution in [0.3, 0.4) is 0 Å². The molecule has 0 spiro atoms. The first-order chi connectivity index (χ1) is 23.4. The van der Waals surface area contributed by atoms with Gasteiger partial charge in [-0.2, -0.15) is 0 Å². The first-order valence-corrected chi connectivity index (χ1v) is 24.8. The SMILES string of the molecule is Cl.Cl.[CH2]=[Zr]([C]1=CC(C(C)(C)C)=CC1)([C]1=C(C)c2cc3c(cc2C1(C)C)Cc1cc2c(cc1-3)C(C)=CC2(C)C)([c]1cccc(F)c1)[c]1cccc(F)c1. The predicted molar refractivity (Wildman–Crippen MR) is 221 cm³/mol. The summed E-state index contributed by atoms with van der Waals surface area (Å²) in [5.41, 5.74) is 14.0. The van der Waals surface area contributed by atoms with Gasteiger partial charge in [-0.05, 0) is 0 Å². The molecule has 8 rings (SSSR count). The summed E-state index contributed by atoms with van der Waals surface area (Å²) in [4.78, 5) is 0. The second kappa shape index (κ2) is 12.3. The molecule has 0 heterocycles. The van der Waals surface area contributed by atoms with Gasteiger partial charge >= 0.3 is 300 Å². The van der Waals surface area contributed by atoms with E-state index in [2.05, 4.69) is 117 Å². The Balaban J connectivity index is 0.00000232. The van der Waals surface area contributed by atoms with E-state index in [0.29, 0.717) is 0 Å². The van der Waals surface area contributed by atoms with Crippen LogP contribution in [0.4, 0.5) is 8.78 Å². The monoisotopic (exact) mass is 812 g/mol. The van der Waals surface area contributed by atoms with Crippen LogP contribution in [0.2, 0.25) is 0 Å². The number of fused-ring (bicyclic) bond motifs is 5. The van der Waals surface area contributed by atoms with Crippen molar-refractivity contribution in [2.75, 3.05) is 0 Å². The van der Waals surface area contributed by atoms with Gasteiger partial charge in [0.15, 0.2) is 0 Å². The number of allylic oxidation sites excluding steroid dienone is 8. The standard InChI is InChI=1S/C25H25.C9H13.2C6H4F.CH2.2ClH.Zr/c1-14-12-24(3,4)22-8-16-7-17-9-23-19(15(2)13-25(23,5)6)11-21(17)20(16)10-18(14)22;1-9(2,3)8-6-4-5-7-8;2*7-6-4-2-1-3-5-6;;;;/h8-12H,7H2,1-6H3;6-7H,4H2,1-3H3;2*1-2,4-5H;1H2;2*1H;. The number of rotatable bonds is 4. The van der Waals surface area contributed by atoms with Gasteiger partial charge in [0.05, 0.1) is 0 Å². The Hall–Kier alpha value is -2.97. The van der Waals surface area contributed by atoms with Crippen LogP contribution in [0.15, 0.2) is 103 Å². The quantitative estimate of drug-likeness (QED) is 0.170. The maximum atomic E-state index is 15.6. The van der Waals surface area contributed by atoms with E-state index in [-0.39, 0.29) is 47.3 Å². The molecule has 0 saturated carbocycles. The predicted octanol–water partition coefficient (Wildman–Crippen LogP) is 12.1. The summed E-state index contributed by atoms with van der Waals surface area (Å²) in [6, 6.07) is 24.0. The number of halogens is 4. The van der Waals surface area contributed by atoms with Crippen molar-refractivity contribution in [3.05, 3.63) is 148 Å². The molecule has 0 N–H and O–H groups in total. The van der Waals surface area contributed by atoms with E-state index in [4.69, 9.17) is 4.21 Å². The number of hydrogen-bond donors (Lipinski definition) is 0. The zero-order valence-electron chi connectivity index (χ0n) is 31.9. The van der Waals surface area contributed by atoms with E-state index >= 15 is 8.78 Å². The summed E-state index contributed by atoms with van der Waals surface area (Å²) in [6.45, 7) is 20.5. The molecule has 0 amide bonds. The Kier molecular flexibility index (Phi) is 9.15. The third-order valence-corrected chi connectivity index (χ3v) is 30.2. The molecular formula is C47H50Cl2F2Zr. The Morgan fingerprint density at radius 1 is 0.712 bits per heavy atom. The van der Waals surface area contributed by atoms with Crippen LogP contribution in [-0.4, -0.2) is 4.21 Å². The fourth-order valence-corrected chi connectivity index (χ4v) is 28.6. The third kappa shape index (κ3) is 5.16. The molecule has 0 aliphatic heterocycles. The molecule has 5 heteroatoms. The Morgan fingerprint density at radius 2 is 1.25 bits per heavy atom. The van der Waals surface area contributed by atoms with Crippen molar-refractivity contribution in [1.82, 2.24) is 0 Å². The molecule has 4 aliphatic carbocycles. The molecule has 4 aromatic rings. The van der Waals surface area contributed by atoms with Gasteiger partial charge < -0.3 is 0 Å². The van der Waals surface area contributed by atoms with Crippen molar-refractivity contribution >= 4 is 46.7 Å². The fraction of sp³-hybridized carbons (Fsp3) is 0.298. The second-order valence-corrected chi connectivity index (χ2v) is 30.5. The van der Waals surface area contributed by atoms with Crippen molar-refractivity contribution < 1.29 is 27.1 Å². The van der Waals surface area contributed by atoms with Crippen LogP contribution >= 0.6 is 24.8 Å². The summed E-state index contributed by atoms with van der Waals surface area (Å²) in [7, 11) is 0. The summed E-state index contributed by atoms with van der Waals surface area (Å²) in [5.74, 6) is -0.569. The Bertz CT molecular complexity index is 2360. The van der Waals surface area contributed by atoms with Crippen molar-refractivity contribution in [2.24, 2.45) is 5.41 Å². The molecular weight excluding hydrogens is 765 g/mol. The van der Waals surface area contributed by atoms with Crippen molar-refractivity contribution in [3.63, 3.8) is 0 Å². The summed E-state index contributed by atoms with van der Waals surface area (Å²) in [6.07, 6.45) is 8.72. The van der Waals surface area contributed by atoms with Crippen LogP contribution < -0.4 is 6.54 Å². The fourth-order valence-electron chi connectivity index (χ4n) is 10.6. The molecule has 52 heavy (non-hydrogen) atoms. The Morgan fingerprint density at radius 3 is 1.77 bits per heavy atom. The number of benzene rings is 4. The van der Waals surface area contributed by atoms with Crippen molar-refractivity contribution in [2.45, 2.75) is 86.0 Å².